The van der Waals surface area contributed by atoms with Gasteiger partial charge in [-0.15, -0.1) is 0 Å². The fourth-order valence-corrected chi connectivity index (χ4v) is 3.64. The summed E-state index contributed by atoms with van der Waals surface area (Å²) < 4.78 is 13.3. The summed E-state index contributed by atoms with van der Waals surface area (Å²) >= 11 is 0. The van der Waals surface area contributed by atoms with Crippen molar-refractivity contribution in [2.45, 2.75) is 19.4 Å². The third kappa shape index (κ3) is 2.58. The van der Waals surface area contributed by atoms with Crippen molar-refractivity contribution >= 4 is 17.2 Å². The Morgan fingerprint density at radius 2 is 1.75 bits per heavy atom. The molecule has 0 bridgehead atoms. The lowest BCUT2D eigenvalue weighted by Crippen LogP contribution is -2.33. The number of fused-ring (bicyclic) bond motifs is 2. The van der Waals surface area contributed by atoms with Crippen molar-refractivity contribution in [3.05, 3.63) is 71.7 Å². The summed E-state index contributed by atoms with van der Waals surface area (Å²) in [5.74, 6) is -0.137. The SMILES string of the molecule is C[C@H]1C=C2Nc3ccccc3N[C@@H](c3ccc(F)cc3)[C@@H]2C(=O)C1. The molecule has 0 radical (unpaired) electrons. The highest BCUT2D eigenvalue weighted by molar-refractivity contribution is 5.89. The number of halogens is 1. The number of anilines is 2. The van der Waals surface area contributed by atoms with Crippen LogP contribution < -0.4 is 10.6 Å². The zero-order chi connectivity index (χ0) is 16.7. The van der Waals surface area contributed by atoms with E-state index < -0.39 is 0 Å². The maximum atomic E-state index is 13.3. The first kappa shape index (κ1) is 14.9. The zero-order valence-corrected chi connectivity index (χ0v) is 13.4. The van der Waals surface area contributed by atoms with Crippen LogP contribution >= 0.6 is 0 Å². The van der Waals surface area contributed by atoms with E-state index in [4.69, 9.17) is 0 Å². The quantitative estimate of drug-likeness (QED) is 0.811. The van der Waals surface area contributed by atoms with Crippen molar-refractivity contribution in [1.82, 2.24) is 0 Å². The van der Waals surface area contributed by atoms with Gasteiger partial charge in [-0.2, -0.15) is 0 Å². The Labute approximate surface area is 140 Å². The topological polar surface area (TPSA) is 41.1 Å². The van der Waals surface area contributed by atoms with E-state index in [1.54, 1.807) is 12.1 Å². The summed E-state index contributed by atoms with van der Waals surface area (Å²) in [6.07, 6.45) is 2.68. The van der Waals surface area contributed by atoms with Gasteiger partial charge in [0.2, 0.25) is 0 Å². The van der Waals surface area contributed by atoms with Crippen molar-refractivity contribution in [2.75, 3.05) is 10.6 Å². The monoisotopic (exact) mass is 322 g/mol. The molecule has 1 aliphatic heterocycles. The highest BCUT2D eigenvalue weighted by Gasteiger charge is 2.38. The minimum atomic E-state index is -0.293. The van der Waals surface area contributed by atoms with Crippen LogP contribution in [0.4, 0.5) is 15.8 Å². The van der Waals surface area contributed by atoms with Crippen molar-refractivity contribution in [2.24, 2.45) is 11.8 Å². The first-order valence-electron chi connectivity index (χ1n) is 8.24. The molecule has 1 aliphatic carbocycles. The predicted octanol–water partition coefficient (Wildman–Crippen LogP) is 4.51. The Hall–Kier alpha value is -2.62. The summed E-state index contributed by atoms with van der Waals surface area (Å²) in [5, 5.41) is 6.93. The Balaban J connectivity index is 1.85. The summed E-state index contributed by atoms with van der Waals surface area (Å²) in [7, 11) is 0. The molecule has 0 saturated heterocycles. The summed E-state index contributed by atoms with van der Waals surface area (Å²) in [6, 6.07) is 14.1. The van der Waals surface area contributed by atoms with Gasteiger partial charge in [-0.25, -0.2) is 4.39 Å². The highest BCUT2D eigenvalue weighted by Crippen LogP contribution is 2.42. The average Bonchev–Trinajstić information content (AvgIpc) is 2.72. The van der Waals surface area contributed by atoms with Gasteiger partial charge in [0.25, 0.3) is 0 Å². The molecule has 0 amide bonds. The van der Waals surface area contributed by atoms with E-state index in [-0.39, 0.29) is 29.5 Å². The predicted molar refractivity (Wildman–Crippen MR) is 93.2 cm³/mol. The number of hydrogen-bond donors (Lipinski definition) is 2. The molecule has 24 heavy (non-hydrogen) atoms. The Bertz CT molecular complexity index is 813. The van der Waals surface area contributed by atoms with Crippen LogP contribution in [0.1, 0.15) is 24.9 Å². The van der Waals surface area contributed by atoms with Crippen molar-refractivity contribution < 1.29 is 9.18 Å². The number of Topliss-reactive ketones (excluding diaryl/α,β-unsaturated/α-hetero) is 1. The van der Waals surface area contributed by atoms with E-state index in [1.807, 2.05) is 24.3 Å². The molecular formula is C20H19FN2O. The molecule has 3 atom stereocenters. The molecular weight excluding hydrogens is 303 g/mol. The number of nitrogens with one attached hydrogen (secondary N) is 2. The molecule has 4 rings (SSSR count). The number of hydrogen-bond acceptors (Lipinski definition) is 3. The highest BCUT2D eigenvalue weighted by atomic mass is 19.1. The maximum Gasteiger partial charge on any atom is 0.144 e. The first-order chi connectivity index (χ1) is 11.6. The van der Waals surface area contributed by atoms with Crippen LogP contribution in [0.2, 0.25) is 0 Å². The van der Waals surface area contributed by atoms with Gasteiger partial charge >= 0.3 is 0 Å². The van der Waals surface area contributed by atoms with Crippen molar-refractivity contribution in [1.29, 1.82) is 0 Å². The zero-order valence-electron chi connectivity index (χ0n) is 13.4. The Morgan fingerprint density at radius 1 is 1.04 bits per heavy atom. The van der Waals surface area contributed by atoms with E-state index in [9.17, 15) is 9.18 Å². The number of carbonyl (C=O) groups is 1. The van der Waals surface area contributed by atoms with Crippen molar-refractivity contribution in [3.63, 3.8) is 0 Å². The van der Waals surface area contributed by atoms with Crippen LogP contribution in [0.5, 0.6) is 0 Å². The van der Waals surface area contributed by atoms with Gasteiger partial charge in [-0.05, 0) is 35.7 Å². The summed E-state index contributed by atoms with van der Waals surface area (Å²) in [4.78, 5) is 12.8. The standard InChI is InChI=1S/C20H19FN2O/c1-12-10-17-19(18(24)11-12)20(13-6-8-14(21)9-7-13)23-16-5-3-2-4-15(16)22-17/h2-10,12,19-20,22-23H,11H2,1H3/t12-,19-,20-/m0/s1. The number of carbonyl (C=O) groups excluding carboxylic acids is 1. The smallest absolute Gasteiger partial charge is 0.144 e. The lowest BCUT2D eigenvalue weighted by atomic mass is 9.79. The van der Waals surface area contributed by atoms with Gasteiger partial charge in [0.1, 0.15) is 11.6 Å². The maximum absolute atomic E-state index is 13.3. The van der Waals surface area contributed by atoms with Crippen molar-refractivity contribution in [3.8, 4) is 0 Å². The van der Waals surface area contributed by atoms with Crippen LogP contribution in [0.15, 0.2) is 60.3 Å². The second-order valence-corrected chi connectivity index (χ2v) is 6.59. The fourth-order valence-electron chi connectivity index (χ4n) is 3.64. The van der Waals surface area contributed by atoms with Crippen LogP contribution in [0, 0.1) is 17.7 Å². The normalized spacial score (nSPS) is 25.5. The molecule has 3 nitrogen and oxygen atoms in total. The van der Waals surface area contributed by atoms with Gasteiger partial charge in [0, 0.05) is 12.1 Å². The number of para-hydroxylation sites is 2. The first-order valence-corrected chi connectivity index (χ1v) is 8.24. The molecule has 0 unspecified atom stereocenters. The minimum absolute atomic E-state index is 0.210. The van der Waals surface area contributed by atoms with E-state index in [0.29, 0.717) is 6.42 Å². The number of allylic oxidation sites excluding steroid dienone is 1. The van der Waals surface area contributed by atoms with Crippen LogP contribution in [0.3, 0.4) is 0 Å². The number of rotatable bonds is 1. The van der Waals surface area contributed by atoms with E-state index in [2.05, 4.69) is 23.6 Å². The van der Waals surface area contributed by atoms with Gasteiger partial charge in [-0.3, -0.25) is 4.79 Å². The molecule has 0 spiro atoms. The molecule has 2 N–H and O–H groups in total. The molecule has 2 aliphatic rings. The van der Waals surface area contributed by atoms with E-state index in [1.165, 1.54) is 12.1 Å². The molecule has 0 aromatic heterocycles. The summed E-state index contributed by atoms with van der Waals surface area (Å²) in [5.41, 5.74) is 3.75. The molecule has 122 valence electrons. The number of benzene rings is 2. The van der Waals surface area contributed by atoms with Gasteiger partial charge in [0.05, 0.1) is 23.3 Å². The largest absolute Gasteiger partial charge is 0.375 e. The van der Waals surface area contributed by atoms with E-state index >= 15 is 0 Å². The summed E-state index contributed by atoms with van der Waals surface area (Å²) in [6.45, 7) is 2.06. The van der Waals surface area contributed by atoms with Gasteiger partial charge in [0.15, 0.2) is 0 Å². The van der Waals surface area contributed by atoms with Gasteiger partial charge in [-0.1, -0.05) is 37.3 Å². The van der Waals surface area contributed by atoms with Gasteiger partial charge < -0.3 is 10.6 Å². The molecule has 2 aromatic carbocycles. The van der Waals surface area contributed by atoms with Crippen LogP contribution in [-0.2, 0) is 4.79 Å². The second-order valence-electron chi connectivity index (χ2n) is 6.59. The lowest BCUT2D eigenvalue weighted by molar-refractivity contribution is -0.123. The fraction of sp³-hybridized carbons (Fsp3) is 0.250. The molecule has 1 heterocycles. The molecule has 2 aromatic rings. The minimum Gasteiger partial charge on any atom is -0.375 e. The second kappa shape index (κ2) is 5.78. The third-order valence-electron chi connectivity index (χ3n) is 4.75. The molecule has 0 fully saturated rings. The third-order valence-corrected chi connectivity index (χ3v) is 4.75. The van der Waals surface area contributed by atoms with Crippen LogP contribution in [0.25, 0.3) is 0 Å². The lowest BCUT2D eigenvalue weighted by Gasteiger charge is -2.31. The number of ketones is 1. The Morgan fingerprint density at radius 3 is 2.50 bits per heavy atom. The van der Waals surface area contributed by atoms with E-state index in [0.717, 1.165) is 22.6 Å². The molecule has 0 saturated carbocycles. The van der Waals surface area contributed by atoms with Crippen LogP contribution in [-0.4, -0.2) is 5.78 Å². The average molecular weight is 322 g/mol. The Kier molecular flexibility index (Phi) is 3.60. The molecule has 4 heteroatoms.